The van der Waals surface area contributed by atoms with E-state index in [1.54, 1.807) is 36.4 Å². The standard InChI is InChI=1S/C26H25BrClN3O4/c1-4-34-23-12-18(14-29-31-26(33)19-8-5-16(2)6-9-19)11-21(27)25(23)35-15-24(32)30-20-10-7-17(3)22(28)13-20/h5-14H,4,15H2,1-3H3,(H,30,32)(H,31,33)/b29-14+. The molecule has 0 aliphatic heterocycles. The number of amides is 2. The van der Waals surface area contributed by atoms with E-state index < -0.39 is 0 Å². The molecule has 0 aliphatic carbocycles. The fourth-order valence-corrected chi connectivity index (χ4v) is 3.76. The van der Waals surface area contributed by atoms with Gasteiger partial charge in [-0.2, -0.15) is 5.10 Å². The van der Waals surface area contributed by atoms with Crippen LogP contribution in [0.2, 0.25) is 5.02 Å². The number of carbonyl (C=O) groups is 2. The van der Waals surface area contributed by atoms with E-state index in [1.165, 1.54) is 6.21 Å². The third-order valence-electron chi connectivity index (χ3n) is 4.83. The summed E-state index contributed by atoms with van der Waals surface area (Å²) in [5, 5.41) is 7.35. The maximum Gasteiger partial charge on any atom is 0.271 e. The molecule has 0 spiro atoms. The molecular weight excluding hydrogens is 534 g/mol. The van der Waals surface area contributed by atoms with E-state index in [2.05, 4.69) is 31.8 Å². The van der Waals surface area contributed by atoms with Crippen LogP contribution >= 0.6 is 27.5 Å². The number of nitrogens with zero attached hydrogens (tertiary/aromatic N) is 1. The van der Waals surface area contributed by atoms with Crippen molar-refractivity contribution in [2.24, 2.45) is 5.10 Å². The summed E-state index contributed by atoms with van der Waals surface area (Å²) in [6.45, 7) is 5.84. The van der Waals surface area contributed by atoms with Gasteiger partial charge in [0.05, 0.1) is 17.3 Å². The summed E-state index contributed by atoms with van der Waals surface area (Å²) in [6, 6.07) is 15.9. The first-order valence-corrected chi connectivity index (χ1v) is 12.0. The SMILES string of the molecule is CCOc1cc(/C=N/NC(=O)c2ccc(C)cc2)cc(Br)c1OCC(=O)Nc1ccc(C)c(Cl)c1. The summed E-state index contributed by atoms with van der Waals surface area (Å²) >= 11 is 9.58. The number of hydrazone groups is 1. The smallest absolute Gasteiger partial charge is 0.271 e. The lowest BCUT2D eigenvalue weighted by Gasteiger charge is -2.14. The van der Waals surface area contributed by atoms with Crippen molar-refractivity contribution in [2.75, 3.05) is 18.5 Å². The molecule has 0 heterocycles. The topological polar surface area (TPSA) is 89.0 Å². The molecule has 3 rings (SSSR count). The molecule has 7 nitrogen and oxygen atoms in total. The maximum absolute atomic E-state index is 12.4. The van der Waals surface area contributed by atoms with Crippen LogP contribution in [-0.2, 0) is 4.79 Å². The van der Waals surface area contributed by atoms with Gasteiger partial charge in [0.25, 0.3) is 11.8 Å². The van der Waals surface area contributed by atoms with Gasteiger partial charge in [0.15, 0.2) is 18.1 Å². The number of hydrogen-bond donors (Lipinski definition) is 2. The van der Waals surface area contributed by atoms with Crippen LogP contribution in [0.3, 0.4) is 0 Å². The Bertz CT molecular complexity index is 1250. The highest BCUT2D eigenvalue weighted by Gasteiger charge is 2.14. The van der Waals surface area contributed by atoms with Crippen molar-refractivity contribution in [3.63, 3.8) is 0 Å². The molecule has 0 bridgehead atoms. The summed E-state index contributed by atoms with van der Waals surface area (Å²) in [7, 11) is 0. The van der Waals surface area contributed by atoms with Gasteiger partial charge in [-0.3, -0.25) is 9.59 Å². The molecular formula is C26H25BrClN3O4. The lowest BCUT2D eigenvalue weighted by atomic mass is 10.1. The van der Waals surface area contributed by atoms with E-state index in [1.807, 2.05) is 39.0 Å². The van der Waals surface area contributed by atoms with Crippen LogP contribution in [0, 0.1) is 13.8 Å². The Morgan fingerprint density at radius 2 is 1.80 bits per heavy atom. The first-order chi connectivity index (χ1) is 16.8. The molecule has 0 aliphatic rings. The number of benzene rings is 3. The second kappa shape index (κ2) is 12.4. The first-order valence-electron chi connectivity index (χ1n) is 10.8. The number of halogens is 2. The monoisotopic (exact) mass is 557 g/mol. The molecule has 0 fully saturated rings. The minimum absolute atomic E-state index is 0.232. The number of hydrogen-bond acceptors (Lipinski definition) is 5. The molecule has 0 saturated heterocycles. The Morgan fingerprint density at radius 3 is 2.49 bits per heavy atom. The first kappa shape index (κ1) is 26.2. The van der Waals surface area contributed by atoms with Crippen molar-refractivity contribution in [3.8, 4) is 11.5 Å². The van der Waals surface area contributed by atoms with Crippen molar-refractivity contribution >= 4 is 51.2 Å². The van der Waals surface area contributed by atoms with Crippen LogP contribution in [-0.4, -0.2) is 31.2 Å². The second-order valence-electron chi connectivity index (χ2n) is 7.63. The Balaban J connectivity index is 1.65. The molecule has 3 aromatic carbocycles. The van der Waals surface area contributed by atoms with Crippen LogP contribution in [0.1, 0.15) is 34.0 Å². The number of aryl methyl sites for hydroxylation is 2. The van der Waals surface area contributed by atoms with Crippen LogP contribution in [0.4, 0.5) is 5.69 Å². The molecule has 2 amide bonds. The van der Waals surface area contributed by atoms with E-state index in [0.717, 1.165) is 11.1 Å². The highest BCUT2D eigenvalue weighted by Crippen LogP contribution is 2.36. The van der Waals surface area contributed by atoms with E-state index in [4.69, 9.17) is 21.1 Å². The quantitative estimate of drug-likeness (QED) is 0.253. The van der Waals surface area contributed by atoms with Gasteiger partial charge in [0.1, 0.15) is 0 Å². The van der Waals surface area contributed by atoms with Gasteiger partial charge < -0.3 is 14.8 Å². The zero-order valence-electron chi connectivity index (χ0n) is 19.5. The highest BCUT2D eigenvalue weighted by atomic mass is 79.9. The Labute approximate surface area is 217 Å². The molecule has 0 radical (unpaired) electrons. The summed E-state index contributed by atoms with van der Waals surface area (Å²) in [6.07, 6.45) is 1.50. The van der Waals surface area contributed by atoms with Crippen molar-refractivity contribution in [2.45, 2.75) is 20.8 Å². The average Bonchev–Trinajstić information content (AvgIpc) is 2.81. The third kappa shape index (κ3) is 7.56. The molecule has 3 aromatic rings. The van der Waals surface area contributed by atoms with Gasteiger partial charge in [-0.25, -0.2) is 5.43 Å². The summed E-state index contributed by atoms with van der Waals surface area (Å²) in [4.78, 5) is 24.6. The zero-order valence-corrected chi connectivity index (χ0v) is 21.9. The number of carbonyl (C=O) groups excluding carboxylic acids is 2. The van der Waals surface area contributed by atoms with Gasteiger partial charge in [-0.1, -0.05) is 35.4 Å². The maximum atomic E-state index is 12.4. The minimum atomic E-state index is -0.344. The van der Waals surface area contributed by atoms with Gasteiger partial charge in [-0.15, -0.1) is 0 Å². The Hall–Kier alpha value is -3.36. The van der Waals surface area contributed by atoms with Gasteiger partial charge in [0.2, 0.25) is 0 Å². The fraction of sp³-hybridized carbons (Fsp3) is 0.192. The zero-order chi connectivity index (χ0) is 25.4. The molecule has 2 N–H and O–H groups in total. The third-order valence-corrected chi connectivity index (χ3v) is 5.82. The summed E-state index contributed by atoms with van der Waals surface area (Å²) < 4.78 is 12.0. The molecule has 182 valence electrons. The summed E-state index contributed by atoms with van der Waals surface area (Å²) in [5.74, 6) is 0.152. The Morgan fingerprint density at radius 1 is 1.06 bits per heavy atom. The molecule has 0 aromatic heterocycles. The van der Waals surface area contributed by atoms with E-state index in [9.17, 15) is 9.59 Å². The van der Waals surface area contributed by atoms with Crippen LogP contribution < -0.4 is 20.2 Å². The van der Waals surface area contributed by atoms with Gasteiger partial charge >= 0.3 is 0 Å². The van der Waals surface area contributed by atoms with Gasteiger partial charge in [-0.05, 0) is 84.2 Å². The van der Waals surface area contributed by atoms with E-state index >= 15 is 0 Å². The molecule has 35 heavy (non-hydrogen) atoms. The molecule has 0 saturated carbocycles. The number of rotatable bonds is 9. The lowest BCUT2D eigenvalue weighted by Crippen LogP contribution is -2.20. The van der Waals surface area contributed by atoms with Crippen molar-refractivity contribution < 1.29 is 19.1 Å². The predicted octanol–water partition coefficient (Wildman–Crippen LogP) is 5.90. The molecule has 0 unspecified atom stereocenters. The predicted molar refractivity (Wildman–Crippen MR) is 142 cm³/mol. The van der Waals surface area contributed by atoms with Crippen LogP contribution in [0.25, 0.3) is 0 Å². The average molecular weight is 559 g/mol. The molecule has 0 atom stereocenters. The Kier molecular flexibility index (Phi) is 9.28. The summed E-state index contributed by atoms with van der Waals surface area (Å²) in [5.41, 5.74) is 6.25. The van der Waals surface area contributed by atoms with Crippen molar-refractivity contribution in [1.29, 1.82) is 0 Å². The normalized spacial score (nSPS) is 10.8. The fourth-order valence-electron chi connectivity index (χ4n) is 3.01. The van der Waals surface area contributed by atoms with Crippen molar-refractivity contribution in [1.82, 2.24) is 5.43 Å². The second-order valence-corrected chi connectivity index (χ2v) is 8.89. The molecule has 9 heteroatoms. The van der Waals surface area contributed by atoms with Gasteiger partial charge in [0, 0.05) is 16.3 Å². The minimum Gasteiger partial charge on any atom is -0.490 e. The van der Waals surface area contributed by atoms with Crippen molar-refractivity contribution in [3.05, 3.63) is 86.3 Å². The number of ether oxygens (including phenoxy) is 2. The lowest BCUT2D eigenvalue weighted by molar-refractivity contribution is -0.118. The van der Waals surface area contributed by atoms with Crippen LogP contribution in [0.15, 0.2) is 64.2 Å². The number of nitrogens with one attached hydrogen (secondary N) is 2. The largest absolute Gasteiger partial charge is 0.490 e. The highest BCUT2D eigenvalue weighted by molar-refractivity contribution is 9.10. The van der Waals surface area contributed by atoms with E-state index in [0.29, 0.717) is 44.4 Å². The van der Waals surface area contributed by atoms with E-state index in [-0.39, 0.29) is 18.4 Å². The van der Waals surface area contributed by atoms with Crippen LogP contribution in [0.5, 0.6) is 11.5 Å². The number of anilines is 1.